The number of halogens is 1. The third kappa shape index (κ3) is 1.78. The largest absolute Gasteiger partial charge is 0.269 e. The number of rotatable bonds is 2. The predicted molar refractivity (Wildman–Crippen MR) is 58.5 cm³/mol. The van der Waals surface area contributed by atoms with E-state index in [2.05, 4.69) is 0 Å². The average molecular weight is 242 g/mol. The second-order valence-corrected chi connectivity index (χ2v) is 5.17. The molecule has 78 valence electrons. The molecule has 3 nitrogen and oxygen atoms in total. The van der Waals surface area contributed by atoms with Crippen molar-refractivity contribution >= 4 is 21.6 Å². The molecule has 0 fully saturated rings. The number of hydrogen-bond acceptors (Lipinski definition) is 2. The Bertz CT molecular complexity index is 561. The van der Waals surface area contributed by atoms with Crippen LogP contribution in [0.5, 0.6) is 0 Å². The van der Waals surface area contributed by atoms with Crippen molar-refractivity contribution in [2.24, 2.45) is 0 Å². The monoisotopic (exact) mass is 241 g/mol. The van der Waals surface area contributed by atoms with E-state index in [-0.39, 0.29) is 9.92 Å². The van der Waals surface area contributed by atoms with Crippen LogP contribution in [0.3, 0.4) is 0 Å². The van der Waals surface area contributed by atoms with Crippen LogP contribution in [-0.2, 0) is 10.0 Å². The number of benzene rings is 1. The molecule has 2 rings (SSSR count). The van der Waals surface area contributed by atoms with Gasteiger partial charge in [-0.15, -0.1) is 0 Å². The molecule has 0 spiro atoms. The van der Waals surface area contributed by atoms with Gasteiger partial charge in [-0.3, -0.25) is 0 Å². The molecule has 1 aromatic heterocycles. The van der Waals surface area contributed by atoms with Gasteiger partial charge in [-0.25, -0.2) is 12.4 Å². The van der Waals surface area contributed by atoms with Crippen LogP contribution in [0.2, 0.25) is 5.02 Å². The Labute approximate surface area is 93.0 Å². The summed E-state index contributed by atoms with van der Waals surface area (Å²) in [5.41, 5.74) is 0. The van der Waals surface area contributed by atoms with E-state index >= 15 is 0 Å². The van der Waals surface area contributed by atoms with Crippen LogP contribution >= 0.6 is 11.6 Å². The molecule has 1 heterocycles. The van der Waals surface area contributed by atoms with Crippen LogP contribution in [0.1, 0.15) is 0 Å². The lowest BCUT2D eigenvalue weighted by molar-refractivity contribution is 0.587. The first kappa shape index (κ1) is 10.3. The zero-order valence-corrected chi connectivity index (χ0v) is 9.24. The van der Waals surface area contributed by atoms with E-state index in [4.69, 9.17) is 11.6 Å². The second kappa shape index (κ2) is 3.72. The first-order chi connectivity index (χ1) is 7.12. The molecular weight excluding hydrogens is 234 g/mol. The maximum absolute atomic E-state index is 12.0. The highest BCUT2D eigenvalue weighted by molar-refractivity contribution is 7.90. The first-order valence-electron chi connectivity index (χ1n) is 4.25. The molecule has 0 aliphatic rings. The Morgan fingerprint density at radius 1 is 1.00 bits per heavy atom. The van der Waals surface area contributed by atoms with Gasteiger partial charge < -0.3 is 0 Å². The van der Waals surface area contributed by atoms with Crippen LogP contribution in [0.25, 0.3) is 0 Å². The van der Waals surface area contributed by atoms with Crippen molar-refractivity contribution in [3.63, 3.8) is 0 Å². The van der Waals surface area contributed by atoms with E-state index in [1.807, 2.05) is 0 Å². The molecule has 0 aliphatic carbocycles. The van der Waals surface area contributed by atoms with Crippen molar-refractivity contribution < 1.29 is 8.42 Å². The number of aromatic nitrogens is 1. The molecule has 15 heavy (non-hydrogen) atoms. The first-order valence-corrected chi connectivity index (χ1v) is 6.07. The van der Waals surface area contributed by atoms with Crippen LogP contribution in [0.15, 0.2) is 53.7 Å². The van der Waals surface area contributed by atoms with Gasteiger partial charge in [-0.1, -0.05) is 23.7 Å². The predicted octanol–water partition coefficient (Wildman–Crippen LogP) is 2.38. The summed E-state index contributed by atoms with van der Waals surface area (Å²) in [5, 5.41) is 0.228. The van der Waals surface area contributed by atoms with Crippen molar-refractivity contribution in [3.05, 3.63) is 53.8 Å². The minimum atomic E-state index is -3.54. The van der Waals surface area contributed by atoms with Gasteiger partial charge in [-0.05, 0) is 24.3 Å². The Morgan fingerprint density at radius 3 is 2.20 bits per heavy atom. The molecule has 0 radical (unpaired) electrons. The molecule has 0 atom stereocenters. The molecule has 1 aromatic carbocycles. The summed E-state index contributed by atoms with van der Waals surface area (Å²) in [7, 11) is -3.54. The summed E-state index contributed by atoms with van der Waals surface area (Å²) in [5.74, 6) is 0. The fourth-order valence-corrected chi connectivity index (χ4v) is 2.93. The standard InChI is InChI=1S/C10H8ClNO2S/c11-9-5-1-2-6-10(9)15(13,14)12-7-3-4-8-12/h1-8H. The summed E-state index contributed by atoms with van der Waals surface area (Å²) in [4.78, 5) is 0.114. The highest BCUT2D eigenvalue weighted by Gasteiger charge is 2.18. The van der Waals surface area contributed by atoms with Crippen LogP contribution in [0, 0.1) is 0 Å². The van der Waals surface area contributed by atoms with E-state index < -0.39 is 10.0 Å². The molecule has 0 saturated heterocycles. The molecule has 0 N–H and O–H groups in total. The minimum Gasteiger partial charge on any atom is -0.249 e. The zero-order chi connectivity index (χ0) is 10.9. The maximum Gasteiger partial charge on any atom is 0.269 e. The van der Waals surface area contributed by atoms with Crippen molar-refractivity contribution in [3.8, 4) is 0 Å². The van der Waals surface area contributed by atoms with Crippen molar-refractivity contribution in [2.45, 2.75) is 4.90 Å². The summed E-state index contributed by atoms with van der Waals surface area (Å²) in [6.45, 7) is 0. The van der Waals surface area contributed by atoms with Gasteiger partial charge in [0.05, 0.1) is 5.02 Å². The third-order valence-corrected chi connectivity index (χ3v) is 4.12. The highest BCUT2D eigenvalue weighted by atomic mass is 35.5. The van der Waals surface area contributed by atoms with E-state index in [9.17, 15) is 8.42 Å². The fourth-order valence-electron chi connectivity index (χ4n) is 1.25. The smallest absolute Gasteiger partial charge is 0.249 e. The van der Waals surface area contributed by atoms with Gasteiger partial charge in [0.2, 0.25) is 0 Å². The highest BCUT2D eigenvalue weighted by Crippen LogP contribution is 2.22. The summed E-state index contributed by atoms with van der Waals surface area (Å²) < 4.78 is 25.1. The summed E-state index contributed by atoms with van der Waals surface area (Å²) >= 11 is 5.83. The average Bonchev–Trinajstić information content (AvgIpc) is 2.71. The van der Waals surface area contributed by atoms with E-state index in [1.165, 1.54) is 18.5 Å². The summed E-state index contributed by atoms with van der Waals surface area (Å²) in [6, 6.07) is 9.66. The second-order valence-electron chi connectivity index (χ2n) is 2.95. The molecule has 0 unspecified atom stereocenters. The fraction of sp³-hybridized carbons (Fsp3) is 0. The molecule has 0 amide bonds. The van der Waals surface area contributed by atoms with Crippen LogP contribution < -0.4 is 0 Å². The minimum absolute atomic E-state index is 0.114. The molecule has 0 aliphatic heterocycles. The van der Waals surface area contributed by atoms with Crippen molar-refractivity contribution in [2.75, 3.05) is 0 Å². The normalized spacial score (nSPS) is 11.5. The van der Waals surface area contributed by atoms with Gasteiger partial charge in [0.15, 0.2) is 0 Å². The molecular formula is C10H8ClNO2S. The molecule has 2 aromatic rings. The maximum atomic E-state index is 12.0. The van der Waals surface area contributed by atoms with E-state index in [0.29, 0.717) is 0 Å². The lowest BCUT2D eigenvalue weighted by Crippen LogP contribution is -2.11. The molecule has 0 saturated carbocycles. The molecule has 0 bridgehead atoms. The van der Waals surface area contributed by atoms with Crippen molar-refractivity contribution in [1.82, 2.24) is 3.97 Å². The van der Waals surface area contributed by atoms with Crippen LogP contribution in [-0.4, -0.2) is 12.4 Å². The number of hydrogen-bond donors (Lipinski definition) is 0. The van der Waals surface area contributed by atoms with Gasteiger partial charge in [0.25, 0.3) is 10.0 Å². The van der Waals surface area contributed by atoms with Gasteiger partial charge in [0, 0.05) is 12.4 Å². The Hall–Kier alpha value is -1.26. The van der Waals surface area contributed by atoms with E-state index in [1.54, 1.807) is 30.3 Å². The topological polar surface area (TPSA) is 39.1 Å². The molecule has 5 heteroatoms. The quantitative estimate of drug-likeness (QED) is 0.810. The Morgan fingerprint density at radius 2 is 1.60 bits per heavy atom. The van der Waals surface area contributed by atoms with Crippen molar-refractivity contribution in [1.29, 1.82) is 0 Å². The van der Waals surface area contributed by atoms with E-state index in [0.717, 1.165) is 3.97 Å². The van der Waals surface area contributed by atoms with Gasteiger partial charge in [0.1, 0.15) is 4.90 Å². The summed E-state index contributed by atoms with van der Waals surface area (Å²) in [6.07, 6.45) is 2.94. The Kier molecular flexibility index (Phi) is 2.54. The Balaban J connectivity index is 2.62. The number of nitrogens with zero attached hydrogens (tertiary/aromatic N) is 1. The van der Waals surface area contributed by atoms with Crippen LogP contribution in [0.4, 0.5) is 0 Å². The third-order valence-electron chi connectivity index (χ3n) is 1.97. The lowest BCUT2D eigenvalue weighted by Gasteiger charge is -2.06. The van der Waals surface area contributed by atoms with Gasteiger partial charge in [-0.2, -0.15) is 0 Å². The lowest BCUT2D eigenvalue weighted by atomic mass is 10.4. The SMILES string of the molecule is O=S(=O)(c1ccccc1Cl)n1cccc1. The zero-order valence-electron chi connectivity index (χ0n) is 7.67. The van der Waals surface area contributed by atoms with Gasteiger partial charge >= 0.3 is 0 Å².